The number of rotatable bonds is 3. The first-order valence-corrected chi connectivity index (χ1v) is 5.86. The van der Waals surface area contributed by atoms with Crippen LogP contribution in [0.2, 0.25) is 0 Å². The van der Waals surface area contributed by atoms with Crippen molar-refractivity contribution in [2.75, 3.05) is 5.73 Å². The van der Waals surface area contributed by atoms with E-state index >= 15 is 0 Å². The summed E-state index contributed by atoms with van der Waals surface area (Å²) in [5.41, 5.74) is 7.87. The average molecular weight is 239 g/mol. The van der Waals surface area contributed by atoms with Crippen molar-refractivity contribution >= 4 is 11.5 Å². The topological polar surface area (TPSA) is 55.6 Å². The molecule has 18 heavy (non-hydrogen) atoms. The molecule has 0 spiro atoms. The summed E-state index contributed by atoms with van der Waals surface area (Å²) < 4.78 is 5.47. The summed E-state index contributed by atoms with van der Waals surface area (Å²) in [5, 5.41) is 0. The first-order chi connectivity index (χ1) is 8.77. The SMILES string of the molecule is Nc1ccccc1C(=O)[C@@H]1O[C@@H]1c1ccccc1. The maximum atomic E-state index is 12.2. The molecule has 1 heterocycles. The summed E-state index contributed by atoms with van der Waals surface area (Å²) in [6, 6.07) is 16.8. The van der Waals surface area contributed by atoms with Crippen molar-refractivity contribution in [2.24, 2.45) is 0 Å². The number of nitrogen functional groups attached to an aromatic ring is 1. The Bertz CT molecular complexity index is 580. The van der Waals surface area contributed by atoms with Gasteiger partial charge in [0, 0.05) is 11.3 Å². The van der Waals surface area contributed by atoms with E-state index in [1.54, 1.807) is 12.1 Å². The lowest BCUT2D eigenvalue weighted by atomic mass is 10.0. The molecule has 0 saturated carbocycles. The van der Waals surface area contributed by atoms with Gasteiger partial charge in [-0.05, 0) is 17.7 Å². The predicted molar refractivity (Wildman–Crippen MR) is 69.2 cm³/mol. The van der Waals surface area contributed by atoms with E-state index in [0.29, 0.717) is 11.3 Å². The van der Waals surface area contributed by atoms with Gasteiger partial charge in [-0.25, -0.2) is 0 Å². The largest absolute Gasteiger partial charge is 0.398 e. The van der Waals surface area contributed by atoms with Crippen molar-refractivity contribution < 1.29 is 9.53 Å². The van der Waals surface area contributed by atoms with Crippen molar-refractivity contribution in [3.63, 3.8) is 0 Å². The summed E-state index contributed by atoms with van der Waals surface area (Å²) in [6.07, 6.45) is -0.518. The molecule has 3 heteroatoms. The Labute approximate surface area is 105 Å². The van der Waals surface area contributed by atoms with Crippen molar-refractivity contribution in [1.82, 2.24) is 0 Å². The fourth-order valence-corrected chi connectivity index (χ4v) is 2.08. The van der Waals surface area contributed by atoms with Crippen molar-refractivity contribution in [3.05, 3.63) is 65.7 Å². The number of hydrogen-bond acceptors (Lipinski definition) is 3. The van der Waals surface area contributed by atoms with Gasteiger partial charge in [-0.15, -0.1) is 0 Å². The Balaban J connectivity index is 1.80. The van der Waals surface area contributed by atoms with Crippen LogP contribution in [0.4, 0.5) is 5.69 Å². The second kappa shape index (κ2) is 4.27. The van der Waals surface area contributed by atoms with E-state index in [1.165, 1.54) is 0 Å². The van der Waals surface area contributed by atoms with Crippen LogP contribution >= 0.6 is 0 Å². The van der Waals surface area contributed by atoms with E-state index in [2.05, 4.69) is 0 Å². The number of anilines is 1. The number of epoxide rings is 1. The third-order valence-corrected chi connectivity index (χ3v) is 3.10. The Morgan fingerprint density at radius 1 is 1.00 bits per heavy atom. The molecule has 3 rings (SSSR count). The molecule has 1 aliphatic heterocycles. The van der Waals surface area contributed by atoms with Crippen LogP contribution in [-0.4, -0.2) is 11.9 Å². The summed E-state index contributed by atoms with van der Waals surface area (Å²) >= 11 is 0. The third kappa shape index (κ3) is 1.89. The minimum absolute atomic E-state index is 0.0399. The zero-order valence-electron chi connectivity index (χ0n) is 9.74. The summed E-state index contributed by atoms with van der Waals surface area (Å²) in [4.78, 5) is 12.2. The number of ketones is 1. The lowest BCUT2D eigenvalue weighted by Crippen LogP contribution is -2.10. The number of benzene rings is 2. The summed E-state index contributed by atoms with van der Waals surface area (Å²) in [5.74, 6) is -0.0399. The molecule has 1 aliphatic rings. The Morgan fingerprint density at radius 2 is 1.67 bits per heavy atom. The molecule has 0 bridgehead atoms. The van der Waals surface area contributed by atoms with Gasteiger partial charge in [0.15, 0.2) is 11.9 Å². The number of ether oxygens (including phenoxy) is 1. The van der Waals surface area contributed by atoms with Crippen LogP contribution in [0.5, 0.6) is 0 Å². The second-order valence-corrected chi connectivity index (χ2v) is 4.34. The van der Waals surface area contributed by atoms with Crippen LogP contribution in [0.25, 0.3) is 0 Å². The van der Waals surface area contributed by atoms with Gasteiger partial charge in [0.05, 0.1) is 0 Å². The van der Waals surface area contributed by atoms with Crippen molar-refractivity contribution in [1.29, 1.82) is 0 Å². The molecule has 1 fully saturated rings. The highest BCUT2D eigenvalue weighted by molar-refractivity contribution is 6.05. The van der Waals surface area contributed by atoms with Crippen LogP contribution in [0, 0.1) is 0 Å². The minimum Gasteiger partial charge on any atom is -0.398 e. The van der Waals surface area contributed by atoms with Gasteiger partial charge in [0.25, 0.3) is 0 Å². The van der Waals surface area contributed by atoms with E-state index in [-0.39, 0.29) is 11.9 Å². The molecule has 1 saturated heterocycles. The summed E-state index contributed by atoms with van der Waals surface area (Å²) in [6.45, 7) is 0. The summed E-state index contributed by atoms with van der Waals surface area (Å²) in [7, 11) is 0. The van der Waals surface area contributed by atoms with Gasteiger partial charge in [0.2, 0.25) is 0 Å². The molecule has 2 N–H and O–H groups in total. The van der Waals surface area contributed by atoms with E-state index in [0.717, 1.165) is 5.56 Å². The molecule has 2 aromatic rings. The van der Waals surface area contributed by atoms with Crippen molar-refractivity contribution in [3.8, 4) is 0 Å². The molecule has 0 unspecified atom stereocenters. The molecule has 0 aromatic heterocycles. The molecule has 0 radical (unpaired) electrons. The Kier molecular flexibility index (Phi) is 2.61. The first-order valence-electron chi connectivity index (χ1n) is 5.86. The Hall–Kier alpha value is -2.13. The fraction of sp³-hybridized carbons (Fsp3) is 0.133. The van der Waals surface area contributed by atoms with Gasteiger partial charge in [-0.1, -0.05) is 42.5 Å². The number of nitrogens with two attached hydrogens (primary N) is 1. The zero-order chi connectivity index (χ0) is 12.5. The van der Waals surface area contributed by atoms with Crippen LogP contribution in [0.1, 0.15) is 22.0 Å². The quantitative estimate of drug-likeness (QED) is 0.509. The second-order valence-electron chi connectivity index (χ2n) is 4.34. The molecular formula is C15H13NO2. The highest BCUT2D eigenvalue weighted by Crippen LogP contribution is 2.40. The van der Waals surface area contributed by atoms with Gasteiger partial charge in [-0.2, -0.15) is 0 Å². The van der Waals surface area contributed by atoms with Crippen LogP contribution < -0.4 is 5.73 Å². The highest BCUT2D eigenvalue weighted by Gasteiger charge is 2.46. The zero-order valence-corrected chi connectivity index (χ0v) is 9.74. The first kappa shape index (κ1) is 11.0. The third-order valence-electron chi connectivity index (χ3n) is 3.10. The molecular weight excluding hydrogens is 226 g/mol. The molecule has 2 atom stereocenters. The molecule has 3 nitrogen and oxygen atoms in total. The minimum atomic E-state index is -0.392. The number of carbonyl (C=O) groups excluding carboxylic acids is 1. The number of Topliss-reactive ketones (excluding diaryl/α,β-unsaturated/α-hetero) is 1. The average Bonchev–Trinajstić information content (AvgIpc) is 3.20. The maximum Gasteiger partial charge on any atom is 0.196 e. The van der Waals surface area contributed by atoms with E-state index in [4.69, 9.17) is 10.5 Å². The van der Waals surface area contributed by atoms with Gasteiger partial charge < -0.3 is 10.5 Å². The maximum absolute atomic E-state index is 12.2. The van der Waals surface area contributed by atoms with Gasteiger partial charge in [0.1, 0.15) is 6.10 Å². The van der Waals surface area contributed by atoms with Crippen LogP contribution in [-0.2, 0) is 4.74 Å². The highest BCUT2D eigenvalue weighted by atomic mass is 16.6. The lowest BCUT2D eigenvalue weighted by Gasteiger charge is -2.01. The number of hydrogen-bond donors (Lipinski definition) is 1. The molecule has 0 aliphatic carbocycles. The smallest absolute Gasteiger partial charge is 0.196 e. The monoisotopic (exact) mass is 239 g/mol. The van der Waals surface area contributed by atoms with Gasteiger partial charge >= 0.3 is 0 Å². The Morgan fingerprint density at radius 3 is 2.39 bits per heavy atom. The molecule has 0 amide bonds. The van der Waals surface area contributed by atoms with E-state index in [1.807, 2.05) is 42.5 Å². The van der Waals surface area contributed by atoms with E-state index in [9.17, 15) is 4.79 Å². The van der Waals surface area contributed by atoms with Crippen LogP contribution in [0.3, 0.4) is 0 Å². The molecule has 2 aromatic carbocycles. The van der Waals surface area contributed by atoms with Crippen LogP contribution in [0.15, 0.2) is 54.6 Å². The normalized spacial score (nSPS) is 21.6. The van der Waals surface area contributed by atoms with Crippen molar-refractivity contribution in [2.45, 2.75) is 12.2 Å². The fourth-order valence-electron chi connectivity index (χ4n) is 2.08. The predicted octanol–water partition coefficient (Wildman–Crippen LogP) is 2.59. The standard InChI is InChI=1S/C15H13NO2/c16-12-9-5-4-8-11(12)13(17)15-14(18-15)10-6-2-1-3-7-10/h1-9,14-15H,16H2/t14-,15+/m1/s1. The molecule has 90 valence electrons. The van der Waals surface area contributed by atoms with Gasteiger partial charge in [-0.3, -0.25) is 4.79 Å². The lowest BCUT2D eigenvalue weighted by molar-refractivity contribution is 0.0954. The van der Waals surface area contributed by atoms with E-state index < -0.39 is 6.10 Å². The number of para-hydroxylation sites is 1. The number of carbonyl (C=O) groups is 1.